The minimum absolute atomic E-state index is 0.374. The Bertz CT molecular complexity index is 381. The van der Waals surface area contributed by atoms with Gasteiger partial charge in [-0.15, -0.1) is 0 Å². The third kappa shape index (κ3) is 2.84. The molecule has 3 heteroatoms. The van der Waals surface area contributed by atoms with Crippen LogP contribution < -0.4 is 5.32 Å². The zero-order valence-electron chi connectivity index (χ0n) is 8.77. The quantitative estimate of drug-likeness (QED) is 0.797. The topological polar surface area (TPSA) is 40.7 Å². The average molecular weight is 201 g/mol. The van der Waals surface area contributed by atoms with Crippen molar-refractivity contribution in [2.75, 3.05) is 5.32 Å². The highest BCUT2D eigenvalue weighted by molar-refractivity contribution is 5.26. The van der Waals surface area contributed by atoms with Gasteiger partial charge in [0, 0.05) is 18.4 Å². The zero-order valence-corrected chi connectivity index (χ0v) is 8.77. The second-order valence-corrected chi connectivity index (χ2v) is 3.67. The van der Waals surface area contributed by atoms with Crippen LogP contribution >= 0.6 is 0 Å². The van der Waals surface area contributed by atoms with Gasteiger partial charge in [-0.3, -0.25) is 0 Å². The third-order valence-corrected chi connectivity index (χ3v) is 2.27. The highest BCUT2D eigenvalue weighted by Crippen LogP contribution is 2.06. The Kier molecular flexibility index (Phi) is 3.02. The Balaban J connectivity index is 1.90. The zero-order chi connectivity index (χ0) is 10.5. The van der Waals surface area contributed by atoms with Crippen LogP contribution in [0.2, 0.25) is 0 Å². The maximum Gasteiger partial charge on any atom is 0.200 e. The van der Waals surface area contributed by atoms with Gasteiger partial charge in [0.25, 0.3) is 0 Å². The number of aromatic amines is 1. The van der Waals surface area contributed by atoms with Crippen LogP contribution in [-0.2, 0) is 6.42 Å². The normalized spacial score (nSPS) is 12.3. The monoisotopic (exact) mass is 201 g/mol. The molecule has 0 bridgehead atoms. The lowest BCUT2D eigenvalue weighted by molar-refractivity contribution is 0.780. The molecule has 1 heterocycles. The fraction of sp³-hybridized carbons (Fsp3) is 0.250. The molecule has 1 unspecified atom stereocenters. The van der Waals surface area contributed by atoms with Gasteiger partial charge in [-0.05, 0) is 18.9 Å². The minimum Gasteiger partial charge on any atom is -0.353 e. The number of rotatable bonds is 4. The highest BCUT2D eigenvalue weighted by atomic mass is 15.1. The third-order valence-electron chi connectivity index (χ3n) is 2.27. The van der Waals surface area contributed by atoms with Crippen molar-refractivity contribution < 1.29 is 0 Å². The lowest BCUT2D eigenvalue weighted by atomic mass is 10.1. The molecule has 78 valence electrons. The van der Waals surface area contributed by atoms with E-state index in [2.05, 4.69) is 46.5 Å². The first-order chi connectivity index (χ1) is 7.34. The molecule has 2 rings (SSSR count). The molecule has 0 amide bonds. The van der Waals surface area contributed by atoms with Crippen LogP contribution in [0.25, 0.3) is 0 Å². The molecule has 0 aliphatic carbocycles. The standard InChI is InChI=1S/C12H15N3/c1-10(15-12-13-7-8-14-12)9-11-5-3-2-4-6-11/h2-8,10H,9H2,1H3,(H2,13,14,15). The fourth-order valence-corrected chi connectivity index (χ4v) is 1.60. The molecule has 0 saturated carbocycles. The minimum atomic E-state index is 0.374. The van der Waals surface area contributed by atoms with Crippen LogP contribution in [0.5, 0.6) is 0 Å². The van der Waals surface area contributed by atoms with Gasteiger partial charge < -0.3 is 10.3 Å². The number of benzene rings is 1. The van der Waals surface area contributed by atoms with Gasteiger partial charge in [-0.1, -0.05) is 30.3 Å². The van der Waals surface area contributed by atoms with Crippen LogP contribution in [0.4, 0.5) is 5.95 Å². The lowest BCUT2D eigenvalue weighted by Crippen LogP contribution is -2.18. The van der Waals surface area contributed by atoms with Gasteiger partial charge in [-0.25, -0.2) is 4.98 Å². The molecule has 1 atom stereocenters. The molecule has 3 nitrogen and oxygen atoms in total. The van der Waals surface area contributed by atoms with E-state index in [0.717, 1.165) is 12.4 Å². The van der Waals surface area contributed by atoms with E-state index in [1.165, 1.54) is 5.56 Å². The first-order valence-corrected chi connectivity index (χ1v) is 5.14. The Labute approximate surface area is 89.6 Å². The van der Waals surface area contributed by atoms with Crippen LogP contribution in [0.15, 0.2) is 42.7 Å². The van der Waals surface area contributed by atoms with E-state index in [1.807, 2.05) is 12.3 Å². The molecule has 2 N–H and O–H groups in total. The van der Waals surface area contributed by atoms with Crippen molar-refractivity contribution in [1.82, 2.24) is 9.97 Å². The summed E-state index contributed by atoms with van der Waals surface area (Å²) in [6, 6.07) is 10.8. The summed E-state index contributed by atoms with van der Waals surface area (Å²) in [4.78, 5) is 7.16. The number of H-pyrrole nitrogens is 1. The van der Waals surface area contributed by atoms with E-state index >= 15 is 0 Å². The number of hydrogen-bond acceptors (Lipinski definition) is 2. The second kappa shape index (κ2) is 4.64. The molecule has 0 fully saturated rings. The van der Waals surface area contributed by atoms with Gasteiger partial charge in [0.2, 0.25) is 0 Å². The van der Waals surface area contributed by atoms with Gasteiger partial charge in [0.15, 0.2) is 5.95 Å². The van der Waals surface area contributed by atoms with E-state index in [-0.39, 0.29) is 0 Å². The van der Waals surface area contributed by atoms with Crippen molar-refractivity contribution in [2.24, 2.45) is 0 Å². The molecule has 1 aromatic carbocycles. The fourth-order valence-electron chi connectivity index (χ4n) is 1.60. The number of hydrogen-bond donors (Lipinski definition) is 2. The first-order valence-electron chi connectivity index (χ1n) is 5.14. The summed E-state index contributed by atoms with van der Waals surface area (Å²) in [5, 5.41) is 3.30. The number of imidazole rings is 1. The SMILES string of the molecule is CC(Cc1ccccc1)Nc1ncc[nH]1. The molecule has 2 aromatic rings. The van der Waals surface area contributed by atoms with Crippen molar-refractivity contribution in [2.45, 2.75) is 19.4 Å². The van der Waals surface area contributed by atoms with Gasteiger partial charge in [0.05, 0.1) is 0 Å². The molecular formula is C12H15N3. The largest absolute Gasteiger partial charge is 0.353 e. The van der Waals surface area contributed by atoms with Crippen molar-refractivity contribution in [3.05, 3.63) is 48.3 Å². The number of nitrogens with one attached hydrogen (secondary N) is 2. The van der Waals surface area contributed by atoms with Crippen LogP contribution in [0, 0.1) is 0 Å². The van der Waals surface area contributed by atoms with E-state index in [4.69, 9.17) is 0 Å². The molecule has 0 aliphatic heterocycles. The smallest absolute Gasteiger partial charge is 0.200 e. The average Bonchev–Trinajstić information content (AvgIpc) is 2.71. The van der Waals surface area contributed by atoms with Crippen LogP contribution in [-0.4, -0.2) is 16.0 Å². The Hall–Kier alpha value is -1.77. The summed E-state index contributed by atoms with van der Waals surface area (Å²) in [6.45, 7) is 2.15. The summed E-state index contributed by atoms with van der Waals surface area (Å²) in [7, 11) is 0. The van der Waals surface area contributed by atoms with Crippen molar-refractivity contribution in [1.29, 1.82) is 0 Å². The van der Waals surface area contributed by atoms with Crippen molar-refractivity contribution in [3.8, 4) is 0 Å². The Morgan fingerprint density at radius 1 is 1.33 bits per heavy atom. The highest BCUT2D eigenvalue weighted by Gasteiger charge is 2.03. The molecule has 1 aromatic heterocycles. The van der Waals surface area contributed by atoms with Gasteiger partial charge >= 0.3 is 0 Å². The van der Waals surface area contributed by atoms with Gasteiger partial charge in [0.1, 0.15) is 0 Å². The predicted octanol–water partition coefficient (Wildman–Crippen LogP) is 2.45. The van der Waals surface area contributed by atoms with E-state index in [1.54, 1.807) is 6.20 Å². The maximum absolute atomic E-state index is 4.13. The van der Waals surface area contributed by atoms with Gasteiger partial charge in [-0.2, -0.15) is 0 Å². The second-order valence-electron chi connectivity index (χ2n) is 3.67. The van der Waals surface area contributed by atoms with E-state index < -0.39 is 0 Å². The Morgan fingerprint density at radius 3 is 2.80 bits per heavy atom. The van der Waals surface area contributed by atoms with Crippen molar-refractivity contribution >= 4 is 5.95 Å². The summed E-state index contributed by atoms with van der Waals surface area (Å²) in [5.74, 6) is 0.832. The number of aromatic nitrogens is 2. The lowest BCUT2D eigenvalue weighted by Gasteiger charge is -2.12. The predicted molar refractivity (Wildman–Crippen MR) is 61.8 cm³/mol. The summed E-state index contributed by atoms with van der Waals surface area (Å²) < 4.78 is 0. The summed E-state index contributed by atoms with van der Waals surface area (Å²) in [6.07, 6.45) is 4.57. The van der Waals surface area contributed by atoms with E-state index in [9.17, 15) is 0 Å². The Morgan fingerprint density at radius 2 is 2.13 bits per heavy atom. The maximum atomic E-state index is 4.13. The summed E-state index contributed by atoms with van der Waals surface area (Å²) >= 11 is 0. The first kappa shape index (κ1) is 9.77. The molecule has 0 saturated heterocycles. The molecule has 0 aliphatic rings. The number of nitrogens with zero attached hydrogens (tertiary/aromatic N) is 1. The van der Waals surface area contributed by atoms with Crippen LogP contribution in [0.1, 0.15) is 12.5 Å². The van der Waals surface area contributed by atoms with Crippen LogP contribution in [0.3, 0.4) is 0 Å². The molecule has 0 spiro atoms. The molecular weight excluding hydrogens is 186 g/mol. The summed E-state index contributed by atoms with van der Waals surface area (Å²) in [5.41, 5.74) is 1.34. The van der Waals surface area contributed by atoms with E-state index in [0.29, 0.717) is 6.04 Å². The molecule has 0 radical (unpaired) electrons. The van der Waals surface area contributed by atoms with Crippen molar-refractivity contribution in [3.63, 3.8) is 0 Å². The molecule has 15 heavy (non-hydrogen) atoms. The number of anilines is 1.